The minimum atomic E-state index is -1.38. The molecule has 0 fully saturated rings. The van der Waals surface area contributed by atoms with Crippen LogP contribution in [0.5, 0.6) is 11.5 Å². The molecule has 0 spiro atoms. The lowest BCUT2D eigenvalue weighted by Gasteiger charge is -2.26. The molecule has 1 N–H and O–H groups in total. The molecule has 1 aromatic carbocycles. The molecule has 1 unspecified atom stereocenters. The van der Waals surface area contributed by atoms with E-state index >= 15 is 0 Å². The van der Waals surface area contributed by atoms with Crippen LogP contribution in [-0.2, 0) is 19.1 Å². The van der Waals surface area contributed by atoms with E-state index in [0.29, 0.717) is 11.3 Å². The molecular weight excluding hydrogens is 304 g/mol. The van der Waals surface area contributed by atoms with Gasteiger partial charge in [-0.15, -0.1) is 0 Å². The van der Waals surface area contributed by atoms with Crippen molar-refractivity contribution in [3.8, 4) is 11.5 Å². The van der Waals surface area contributed by atoms with Gasteiger partial charge in [0.15, 0.2) is 11.5 Å². The Morgan fingerprint density at radius 3 is 2.43 bits per heavy atom. The van der Waals surface area contributed by atoms with Crippen LogP contribution in [0.4, 0.5) is 0 Å². The number of rotatable bonds is 5. The molecule has 2 rings (SSSR count). The largest absolute Gasteiger partial charge is 0.493 e. The summed E-state index contributed by atoms with van der Waals surface area (Å²) in [6, 6.07) is 4.83. The Labute approximate surface area is 133 Å². The topological polar surface area (TPSA) is 91.3 Å². The molecule has 1 aromatic rings. The molecule has 1 aliphatic heterocycles. The van der Waals surface area contributed by atoms with Crippen molar-refractivity contribution in [2.75, 3.05) is 20.3 Å². The number of carbonyl (C=O) groups is 2. The highest BCUT2D eigenvalue weighted by Crippen LogP contribution is 2.43. The lowest BCUT2D eigenvalue weighted by Crippen LogP contribution is -2.28. The van der Waals surface area contributed by atoms with Crippen molar-refractivity contribution in [1.29, 1.82) is 0 Å². The SMILES string of the molecule is CCOC(=O)C1=C(C(=O)OCC)C(O)c2cccc(OC)c2O1. The maximum absolute atomic E-state index is 12.1. The van der Waals surface area contributed by atoms with Crippen LogP contribution in [0.25, 0.3) is 0 Å². The highest BCUT2D eigenvalue weighted by atomic mass is 16.6. The number of para-hydroxylation sites is 1. The van der Waals surface area contributed by atoms with Gasteiger partial charge < -0.3 is 24.1 Å². The Morgan fingerprint density at radius 1 is 1.17 bits per heavy atom. The van der Waals surface area contributed by atoms with Crippen LogP contribution < -0.4 is 9.47 Å². The average Bonchev–Trinajstić information content (AvgIpc) is 2.54. The summed E-state index contributed by atoms with van der Waals surface area (Å²) < 4.78 is 20.5. The molecule has 124 valence electrons. The van der Waals surface area contributed by atoms with Crippen LogP contribution in [0.3, 0.4) is 0 Å². The molecule has 1 aliphatic rings. The number of fused-ring (bicyclic) bond motifs is 1. The summed E-state index contributed by atoms with van der Waals surface area (Å²) in [6.07, 6.45) is -1.38. The number of esters is 2. The second-order valence-corrected chi connectivity index (χ2v) is 4.57. The summed E-state index contributed by atoms with van der Waals surface area (Å²) >= 11 is 0. The third-order valence-electron chi connectivity index (χ3n) is 3.20. The molecule has 7 nitrogen and oxygen atoms in total. The summed E-state index contributed by atoms with van der Waals surface area (Å²) in [5.41, 5.74) is 0.0199. The molecule has 0 saturated heterocycles. The van der Waals surface area contributed by atoms with Crippen molar-refractivity contribution >= 4 is 11.9 Å². The van der Waals surface area contributed by atoms with E-state index < -0.39 is 23.8 Å². The lowest BCUT2D eigenvalue weighted by atomic mass is 9.96. The van der Waals surface area contributed by atoms with Gasteiger partial charge in [0.1, 0.15) is 11.7 Å². The van der Waals surface area contributed by atoms with Crippen molar-refractivity contribution in [1.82, 2.24) is 0 Å². The van der Waals surface area contributed by atoms with Crippen molar-refractivity contribution in [3.05, 3.63) is 35.1 Å². The number of carbonyl (C=O) groups excluding carboxylic acids is 2. The summed E-state index contributed by atoms with van der Waals surface area (Å²) in [6.45, 7) is 3.43. The highest BCUT2D eigenvalue weighted by Gasteiger charge is 2.38. The van der Waals surface area contributed by atoms with E-state index in [4.69, 9.17) is 18.9 Å². The molecule has 0 radical (unpaired) electrons. The summed E-state index contributed by atoms with van der Waals surface area (Å²) in [4.78, 5) is 24.2. The summed E-state index contributed by atoms with van der Waals surface area (Å²) in [5, 5.41) is 10.5. The number of hydrogen-bond donors (Lipinski definition) is 1. The first kappa shape index (κ1) is 16.8. The Morgan fingerprint density at radius 2 is 1.83 bits per heavy atom. The van der Waals surface area contributed by atoms with Gasteiger partial charge in [0, 0.05) is 5.56 Å². The summed E-state index contributed by atoms with van der Waals surface area (Å²) in [5.74, 6) is -1.60. The van der Waals surface area contributed by atoms with E-state index in [2.05, 4.69) is 0 Å². The quantitative estimate of drug-likeness (QED) is 0.821. The van der Waals surface area contributed by atoms with Crippen LogP contribution in [0.2, 0.25) is 0 Å². The predicted octanol–water partition coefficient (Wildman–Crippen LogP) is 1.50. The second-order valence-electron chi connectivity index (χ2n) is 4.57. The van der Waals surface area contributed by atoms with Crippen LogP contribution in [-0.4, -0.2) is 37.4 Å². The fraction of sp³-hybridized carbons (Fsp3) is 0.375. The van der Waals surface area contributed by atoms with Gasteiger partial charge in [-0.05, 0) is 19.9 Å². The first-order valence-electron chi connectivity index (χ1n) is 7.16. The van der Waals surface area contributed by atoms with Gasteiger partial charge in [-0.3, -0.25) is 0 Å². The van der Waals surface area contributed by atoms with Gasteiger partial charge >= 0.3 is 11.9 Å². The minimum absolute atomic E-state index is 0.0934. The maximum Gasteiger partial charge on any atom is 0.374 e. The first-order valence-corrected chi connectivity index (χ1v) is 7.16. The zero-order valence-electron chi connectivity index (χ0n) is 13.1. The van der Waals surface area contributed by atoms with Gasteiger partial charge in [0.05, 0.1) is 20.3 Å². The fourth-order valence-corrected chi connectivity index (χ4v) is 2.22. The monoisotopic (exact) mass is 322 g/mol. The highest BCUT2D eigenvalue weighted by molar-refractivity contribution is 6.01. The Bertz CT molecular complexity index is 648. The molecular formula is C16H18O7. The first-order chi connectivity index (χ1) is 11.0. The van der Waals surface area contributed by atoms with Gasteiger partial charge in [0.25, 0.3) is 0 Å². The molecule has 1 heterocycles. The van der Waals surface area contributed by atoms with Gasteiger partial charge in [-0.2, -0.15) is 0 Å². The maximum atomic E-state index is 12.1. The molecule has 0 amide bonds. The van der Waals surface area contributed by atoms with Gasteiger partial charge in [-0.25, -0.2) is 9.59 Å². The number of hydrogen-bond acceptors (Lipinski definition) is 7. The van der Waals surface area contributed by atoms with Crippen LogP contribution in [0, 0.1) is 0 Å². The molecule has 0 aliphatic carbocycles. The van der Waals surface area contributed by atoms with E-state index in [0.717, 1.165) is 0 Å². The second kappa shape index (κ2) is 7.15. The molecule has 1 atom stereocenters. The number of benzene rings is 1. The molecule has 7 heteroatoms. The van der Waals surface area contributed by atoms with E-state index in [9.17, 15) is 14.7 Å². The zero-order valence-corrected chi connectivity index (χ0v) is 13.1. The number of methoxy groups -OCH3 is 1. The van der Waals surface area contributed by atoms with Gasteiger partial charge in [0.2, 0.25) is 5.76 Å². The van der Waals surface area contributed by atoms with Gasteiger partial charge in [-0.1, -0.05) is 12.1 Å². The number of ether oxygens (including phenoxy) is 4. The Hall–Kier alpha value is -2.54. The Kier molecular flexibility index (Phi) is 5.23. The minimum Gasteiger partial charge on any atom is -0.493 e. The summed E-state index contributed by atoms with van der Waals surface area (Å²) in [7, 11) is 1.43. The van der Waals surface area contributed by atoms with Crippen molar-refractivity contribution in [3.63, 3.8) is 0 Å². The number of aliphatic hydroxyl groups excluding tert-OH is 1. The van der Waals surface area contributed by atoms with Crippen molar-refractivity contribution < 1.29 is 33.6 Å². The van der Waals surface area contributed by atoms with Crippen LogP contribution in [0.15, 0.2) is 29.5 Å². The van der Waals surface area contributed by atoms with E-state index in [1.54, 1.807) is 32.0 Å². The van der Waals surface area contributed by atoms with E-state index in [1.165, 1.54) is 7.11 Å². The van der Waals surface area contributed by atoms with E-state index in [1.807, 2.05) is 0 Å². The molecule has 0 bridgehead atoms. The van der Waals surface area contributed by atoms with Crippen LogP contribution in [0.1, 0.15) is 25.5 Å². The molecule has 23 heavy (non-hydrogen) atoms. The van der Waals surface area contributed by atoms with Crippen LogP contribution >= 0.6 is 0 Å². The third-order valence-corrected chi connectivity index (χ3v) is 3.20. The number of aliphatic hydroxyl groups is 1. The normalized spacial score (nSPS) is 16.3. The van der Waals surface area contributed by atoms with E-state index in [-0.39, 0.29) is 24.5 Å². The lowest BCUT2D eigenvalue weighted by molar-refractivity contribution is -0.145. The average molecular weight is 322 g/mol. The molecule has 0 aromatic heterocycles. The standard InChI is InChI=1S/C16H18O7/c1-4-21-15(18)11-12(17)9-7-6-8-10(20-3)13(9)23-14(11)16(19)22-5-2/h6-8,12,17H,4-5H2,1-3H3. The predicted molar refractivity (Wildman–Crippen MR) is 78.9 cm³/mol. The Balaban J connectivity index is 2.56. The fourth-order valence-electron chi connectivity index (χ4n) is 2.22. The smallest absolute Gasteiger partial charge is 0.374 e. The van der Waals surface area contributed by atoms with Crippen molar-refractivity contribution in [2.45, 2.75) is 20.0 Å². The third kappa shape index (κ3) is 3.14. The zero-order chi connectivity index (χ0) is 17.0. The molecule has 0 saturated carbocycles. The van der Waals surface area contributed by atoms with Crippen molar-refractivity contribution in [2.24, 2.45) is 0 Å².